The lowest BCUT2D eigenvalue weighted by atomic mass is 9.94. The summed E-state index contributed by atoms with van der Waals surface area (Å²) in [5, 5.41) is 15.0. The van der Waals surface area contributed by atoms with Crippen molar-refractivity contribution < 1.29 is 9.90 Å². The fraction of sp³-hybridized carbons (Fsp3) is 0.909. The van der Waals surface area contributed by atoms with Gasteiger partial charge < -0.3 is 15.7 Å². The molecule has 0 radical (unpaired) electrons. The van der Waals surface area contributed by atoms with Crippen LogP contribution < -0.4 is 10.6 Å². The third-order valence-electron chi connectivity index (χ3n) is 2.75. The van der Waals surface area contributed by atoms with Gasteiger partial charge in [-0.25, -0.2) is 0 Å². The minimum atomic E-state index is -0.221. The normalized spacial score (nSPS) is 16.9. The molecule has 0 aliphatic rings. The van der Waals surface area contributed by atoms with E-state index in [-0.39, 0.29) is 24.1 Å². The van der Waals surface area contributed by atoms with Gasteiger partial charge in [0.15, 0.2) is 0 Å². The van der Waals surface area contributed by atoms with Crippen LogP contribution in [0.4, 0.5) is 0 Å². The predicted molar refractivity (Wildman–Crippen MR) is 61.7 cm³/mol. The highest BCUT2D eigenvalue weighted by Gasteiger charge is 2.25. The van der Waals surface area contributed by atoms with E-state index in [1.807, 2.05) is 27.7 Å². The first-order valence-corrected chi connectivity index (χ1v) is 5.65. The van der Waals surface area contributed by atoms with Crippen molar-refractivity contribution >= 4 is 5.91 Å². The number of carbonyl (C=O) groups is 1. The van der Waals surface area contributed by atoms with Gasteiger partial charge in [-0.3, -0.25) is 4.79 Å². The summed E-state index contributed by atoms with van der Waals surface area (Å²) in [5.74, 6) is 0.00937. The zero-order valence-corrected chi connectivity index (χ0v) is 10.3. The molecule has 0 aliphatic heterocycles. The largest absolute Gasteiger partial charge is 0.396 e. The van der Waals surface area contributed by atoms with Gasteiger partial charge in [0.25, 0.3) is 0 Å². The molecule has 0 aromatic carbocycles. The Labute approximate surface area is 92.4 Å². The van der Waals surface area contributed by atoms with Crippen LogP contribution >= 0.6 is 0 Å². The van der Waals surface area contributed by atoms with Crippen LogP contribution in [0.1, 0.15) is 40.5 Å². The lowest BCUT2D eigenvalue weighted by Gasteiger charge is -2.32. The third kappa shape index (κ3) is 5.14. The van der Waals surface area contributed by atoms with E-state index < -0.39 is 0 Å². The van der Waals surface area contributed by atoms with E-state index in [0.717, 1.165) is 6.42 Å². The summed E-state index contributed by atoms with van der Waals surface area (Å²) in [6.07, 6.45) is 1.55. The fourth-order valence-electron chi connectivity index (χ4n) is 1.51. The van der Waals surface area contributed by atoms with Crippen LogP contribution in [0.3, 0.4) is 0 Å². The number of aliphatic hydroxyl groups excluding tert-OH is 1. The van der Waals surface area contributed by atoms with Crippen LogP contribution in [-0.2, 0) is 4.79 Å². The molecule has 15 heavy (non-hydrogen) atoms. The number of carbonyl (C=O) groups excluding carboxylic acids is 1. The van der Waals surface area contributed by atoms with Crippen LogP contribution in [-0.4, -0.2) is 35.7 Å². The van der Waals surface area contributed by atoms with Crippen molar-refractivity contribution in [2.45, 2.75) is 52.1 Å². The Morgan fingerprint density at radius 2 is 2.07 bits per heavy atom. The van der Waals surface area contributed by atoms with Gasteiger partial charge in [0.05, 0.1) is 6.04 Å². The zero-order chi connectivity index (χ0) is 11.9. The molecule has 90 valence electrons. The van der Waals surface area contributed by atoms with Gasteiger partial charge in [-0.1, -0.05) is 6.92 Å². The van der Waals surface area contributed by atoms with Crippen molar-refractivity contribution in [3.63, 3.8) is 0 Å². The maximum Gasteiger partial charge on any atom is 0.236 e. The number of nitrogens with one attached hydrogen (secondary N) is 2. The van der Waals surface area contributed by atoms with Gasteiger partial charge in [0.1, 0.15) is 0 Å². The van der Waals surface area contributed by atoms with Gasteiger partial charge in [-0.15, -0.1) is 0 Å². The number of hydrogen-bond acceptors (Lipinski definition) is 3. The monoisotopic (exact) mass is 216 g/mol. The molecule has 0 heterocycles. The molecular weight excluding hydrogens is 192 g/mol. The number of likely N-dealkylation sites (N-methyl/N-ethyl adjacent to an activating group) is 1. The number of hydrogen-bond donors (Lipinski definition) is 3. The van der Waals surface area contributed by atoms with E-state index in [4.69, 9.17) is 5.11 Å². The minimum absolute atomic E-state index is 0.00937. The summed E-state index contributed by atoms with van der Waals surface area (Å²) < 4.78 is 0. The van der Waals surface area contributed by atoms with Crippen molar-refractivity contribution in [3.8, 4) is 0 Å². The summed E-state index contributed by atoms with van der Waals surface area (Å²) in [7, 11) is 0. The molecular formula is C11H24N2O2. The van der Waals surface area contributed by atoms with Crippen molar-refractivity contribution in [2.24, 2.45) is 0 Å². The molecule has 0 aromatic heterocycles. The average Bonchev–Trinajstić information content (AvgIpc) is 2.18. The van der Waals surface area contributed by atoms with E-state index in [0.29, 0.717) is 13.0 Å². The van der Waals surface area contributed by atoms with Crippen LogP contribution in [0.15, 0.2) is 0 Å². The highest BCUT2D eigenvalue weighted by molar-refractivity contribution is 5.81. The van der Waals surface area contributed by atoms with E-state index in [2.05, 4.69) is 10.6 Å². The molecule has 4 nitrogen and oxygen atoms in total. The quantitative estimate of drug-likeness (QED) is 0.585. The molecule has 0 rings (SSSR count). The Bertz CT molecular complexity index is 197. The molecule has 3 N–H and O–H groups in total. The van der Waals surface area contributed by atoms with Crippen molar-refractivity contribution in [2.75, 3.05) is 13.2 Å². The molecule has 1 amide bonds. The lowest BCUT2D eigenvalue weighted by molar-refractivity contribution is -0.123. The molecule has 0 spiro atoms. The highest BCUT2D eigenvalue weighted by atomic mass is 16.3. The Hall–Kier alpha value is -0.610. The summed E-state index contributed by atoms with van der Waals surface area (Å²) in [5.41, 5.74) is -0.167. The Kier molecular flexibility index (Phi) is 6.52. The Balaban J connectivity index is 4.22. The highest BCUT2D eigenvalue weighted by Crippen LogP contribution is 2.14. The second-order valence-corrected chi connectivity index (χ2v) is 4.15. The lowest BCUT2D eigenvalue weighted by Crippen LogP contribution is -2.53. The number of aliphatic hydroxyl groups is 1. The Morgan fingerprint density at radius 1 is 1.47 bits per heavy atom. The maximum atomic E-state index is 11.5. The minimum Gasteiger partial charge on any atom is -0.396 e. The Morgan fingerprint density at radius 3 is 2.47 bits per heavy atom. The van der Waals surface area contributed by atoms with Crippen LogP contribution in [0.25, 0.3) is 0 Å². The number of amides is 1. The summed E-state index contributed by atoms with van der Waals surface area (Å²) >= 11 is 0. The SMILES string of the molecule is CCNC(=O)C(C)NC(C)(CC)CCO. The van der Waals surface area contributed by atoms with E-state index in [1.165, 1.54) is 0 Å². The van der Waals surface area contributed by atoms with Gasteiger partial charge in [0, 0.05) is 18.7 Å². The van der Waals surface area contributed by atoms with Crippen molar-refractivity contribution in [3.05, 3.63) is 0 Å². The molecule has 0 aromatic rings. The summed E-state index contributed by atoms with van der Waals surface area (Å²) in [6, 6.07) is -0.221. The summed E-state index contributed by atoms with van der Waals surface area (Å²) in [4.78, 5) is 11.5. The molecule has 0 saturated heterocycles. The third-order valence-corrected chi connectivity index (χ3v) is 2.75. The zero-order valence-electron chi connectivity index (χ0n) is 10.3. The van der Waals surface area contributed by atoms with Gasteiger partial charge in [0.2, 0.25) is 5.91 Å². The maximum absolute atomic E-state index is 11.5. The predicted octanol–water partition coefficient (Wildman–Crippen LogP) is 0.652. The molecule has 0 saturated carbocycles. The molecule has 0 fully saturated rings. The number of rotatable bonds is 7. The topological polar surface area (TPSA) is 61.4 Å². The summed E-state index contributed by atoms with van der Waals surface area (Å²) in [6.45, 7) is 8.60. The van der Waals surface area contributed by atoms with E-state index >= 15 is 0 Å². The van der Waals surface area contributed by atoms with Crippen LogP contribution in [0, 0.1) is 0 Å². The van der Waals surface area contributed by atoms with Crippen molar-refractivity contribution in [1.29, 1.82) is 0 Å². The second-order valence-electron chi connectivity index (χ2n) is 4.15. The van der Waals surface area contributed by atoms with Crippen LogP contribution in [0.5, 0.6) is 0 Å². The molecule has 0 aliphatic carbocycles. The average molecular weight is 216 g/mol. The van der Waals surface area contributed by atoms with Gasteiger partial charge in [-0.05, 0) is 33.6 Å². The second kappa shape index (κ2) is 6.80. The molecule has 0 bridgehead atoms. The van der Waals surface area contributed by atoms with E-state index in [9.17, 15) is 4.79 Å². The first kappa shape index (κ1) is 14.4. The molecule has 2 unspecified atom stereocenters. The van der Waals surface area contributed by atoms with E-state index in [1.54, 1.807) is 0 Å². The molecule has 4 heteroatoms. The van der Waals surface area contributed by atoms with Gasteiger partial charge in [-0.2, -0.15) is 0 Å². The van der Waals surface area contributed by atoms with Crippen LogP contribution in [0.2, 0.25) is 0 Å². The van der Waals surface area contributed by atoms with Gasteiger partial charge >= 0.3 is 0 Å². The first-order valence-electron chi connectivity index (χ1n) is 5.65. The fourth-order valence-corrected chi connectivity index (χ4v) is 1.51. The smallest absolute Gasteiger partial charge is 0.236 e. The van der Waals surface area contributed by atoms with Crippen molar-refractivity contribution in [1.82, 2.24) is 10.6 Å². The first-order chi connectivity index (χ1) is 6.99. The standard InChI is InChI=1S/C11H24N2O2/c1-5-11(4,7-8-14)13-9(3)10(15)12-6-2/h9,13-14H,5-8H2,1-4H3,(H,12,15). The molecule has 2 atom stereocenters.